The molecule has 0 N–H and O–H groups in total. The lowest BCUT2D eigenvalue weighted by Gasteiger charge is -2.34. The van der Waals surface area contributed by atoms with Gasteiger partial charge in [0.25, 0.3) is 0 Å². The first kappa shape index (κ1) is 20.7. The van der Waals surface area contributed by atoms with Crippen LogP contribution in [0.2, 0.25) is 0 Å². The van der Waals surface area contributed by atoms with E-state index in [4.69, 9.17) is 9.47 Å². The zero-order valence-electron chi connectivity index (χ0n) is 16.4. The molecule has 7 nitrogen and oxygen atoms in total. The molecule has 0 bridgehead atoms. The fourth-order valence-electron chi connectivity index (χ4n) is 3.20. The molecule has 28 heavy (non-hydrogen) atoms. The molecule has 2 heterocycles. The van der Waals surface area contributed by atoms with Gasteiger partial charge in [0, 0.05) is 52.2 Å². The molecule has 0 amide bonds. The lowest BCUT2D eigenvalue weighted by molar-refractivity contribution is 0.146. The van der Waals surface area contributed by atoms with Crippen molar-refractivity contribution < 1.29 is 17.9 Å². The van der Waals surface area contributed by atoms with Gasteiger partial charge in [0.2, 0.25) is 10.0 Å². The van der Waals surface area contributed by atoms with Gasteiger partial charge in [-0.05, 0) is 48.4 Å². The maximum atomic E-state index is 13.0. The van der Waals surface area contributed by atoms with Crippen molar-refractivity contribution in [2.75, 3.05) is 46.5 Å². The fraction of sp³-hybridized carbons (Fsp3) is 0.450. The van der Waals surface area contributed by atoms with Gasteiger partial charge < -0.3 is 9.47 Å². The largest absolute Gasteiger partial charge is 0.491 e. The van der Waals surface area contributed by atoms with Crippen LogP contribution < -0.4 is 4.74 Å². The highest BCUT2D eigenvalue weighted by Crippen LogP contribution is 2.25. The summed E-state index contributed by atoms with van der Waals surface area (Å²) < 4.78 is 38.2. The van der Waals surface area contributed by atoms with Crippen LogP contribution in [0.4, 0.5) is 0 Å². The van der Waals surface area contributed by atoms with E-state index >= 15 is 0 Å². The minimum atomic E-state index is -3.51. The lowest BCUT2D eigenvalue weighted by atomic mass is 10.2. The third-order valence-electron chi connectivity index (χ3n) is 4.82. The summed E-state index contributed by atoms with van der Waals surface area (Å²) >= 11 is 0. The molecular weight excluding hydrogens is 378 g/mol. The second kappa shape index (κ2) is 9.47. The third-order valence-corrected chi connectivity index (χ3v) is 6.71. The molecule has 3 rings (SSSR count). The van der Waals surface area contributed by atoms with Crippen molar-refractivity contribution in [2.45, 2.75) is 18.4 Å². The molecule has 1 fully saturated rings. The highest BCUT2D eigenvalue weighted by molar-refractivity contribution is 7.89. The van der Waals surface area contributed by atoms with E-state index in [0.717, 1.165) is 12.1 Å². The number of sulfonamides is 1. The second-order valence-corrected chi connectivity index (χ2v) is 8.74. The van der Waals surface area contributed by atoms with Crippen LogP contribution in [0.5, 0.6) is 5.75 Å². The fourth-order valence-corrected chi connectivity index (χ4v) is 4.71. The number of piperazine rings is 1. The number of methoxy groups -OCH3 is 1. The molecule has 1 saturated heterocycles. The topological polar surface area (TPSA) is 72.0 Å². The quantitative estimate of drug-likeness (QED) is 0.625. The van der Waals surface area contributed by atoms with E-state index in [1.165, 1.54) is 5.56 Å². The smallest absolute Gasteiger partial charge is 0.243 e. The molecule has 2 aromatic rings. The van der Waals surface area contributed by atoms with Crippen LogP contribution in [-0.2, 0) is 21.3 Å². The SMILES string of the molecule is COCCOc1ccc(S(=O)(=O)N2CCN(Cc3ccncc3)CC2)cc1C. The van der Waals surface area contributed by atoms with E-state index in [1.54, 1.807) is 42.0 Å². The third kappa shape index (κ3) is 5.08. The predicted octanol–water partition coefficient (Wildman–Crippen LogP) is 1.92. The van der Waals surface area contributed by atoms with Crippen molar-refractivity contribution in [1.29, 1.82) is 0 Å². The number of hydrogen-bond acceptors (Lipinski definition) is 6. The lowest BCUT2D eigenvalue weighted by Crippen LogP contribution is -2.48. The summed E-state index contributed by atoms with van der Waals surface area (Å²) in [5.41, 5.74) is 1.99. The molecule has 0 aliphatic carbocycles. The van der Waals surface area contributed by atoms with Crippen LogP contribution in [0, 0.1) is 6.92 Å². The van der Waals surface area contributed by atoms with Crippen LogP contribution in [-0.4, -0.2) is 69.1 Å². The Bertz CT molecular complexity index is 866. The van der Waals surface area contributed by atoms with E-state index in [0.29, 0.717) is 50.0 Å². The van der Waals surface area contributed by atoms with Crippen molar-refractivity contribution in [3.63, 3.8) is 0 Å². The van der Waals surface area contributed by atoms with Gasteiger partial charge >= 0.3 is 0 Å². The molecule has 1 aromatic heterocycles. The Balaban J connectivity index is 1.61. The minimum absolute atomic E-state index is 0.312. The van der Waals surface area contributed by atoms with Crippen molar-refractivity contribution in [3.05, 3.63) is 53.9 Å². The van der Waals surface area contributed by atoms with Gasteiger partial charge in [0.1, 0.15) is 12.4 Å². The number of rotatable bonds is 8. The van der Waals surface area contributed by atoms with Gasteiger partial charge in [0.15, 0.2) is 0 Å². The second-order valence-electron chi connectivity index (χ2n) is 6.80. The first-order valence-electron chi connectivity index (χ1n) is 9.34. The minimum Gasteiger partial charge on any atom is -0.491 e. The van der Waals surface area contributed by atoms with Crippen molar-refractivity contribution >= 4 is 10.0 Å². The first-order valence-corrected chi connectivity index (χ1v) is 10.8. The summed E-state index contributed by atoms with van der Waals surface area (Å²) in [6.07, 6.45) is 3.56. The van der Waals surface area contributed by atoms with Gasteiger partial charge in [-0.3, -0.25) is 9.88 Å². The monoisotopic (exact) mass is 405 g/mol. The first-order chi connectivity index (χ1) is 13.5. The number of ether oxygens (including phenoxy) is 2. The number of hydrogen-bond donors (Lipinski definition) is 0. The highest BCUT2D eigenvalue weighted by Gasteiger charge is 2.28. The molecule has 0 unspecified atom stereocenters. The van der Waals surface area contributed by atoms with Crippen molar-refractivity contribution in [1.82, 2.24) is 14.2 Å². The molecular formula is C20H27N3O4S. The van der Waals surface area contributed by atoms with E-state index in [-0.39, 0.29) is 0 Å². The Morgan fingerprint density at radius 2 is 1.75 bits per heavy atom. The molecule has 0 spiro atoms. The summed E-state index contributed by atoms with van der Waals surface area (Å²) in [5, 5.41) is 0. The molecule has 0 atom stereocenters. The van der Waals surface area contributed by atoms with Gasteiger partial charge in [0.05, 0.1) is 11.5 Å². The molecule has 1 aliphatic heterocycles. The van der Waals surface area contributed by atoms with Crippen LogP contribution in [0.25, 0.3) is 0 Å². The van der Waals surface area contributed by atoms with E-state index < -0.39 is 10.0 Å². The van der Waals surface area contributed by atoms with Crippen LogP contribution >= 0.6 is 0 Å². The average molecular weight is 406 g/mol. The summed E-state index contributed by atoms with van der Waals surface area (Å²) in [6, 6.07) is 9.00. The molecule has 0 radical (unpaired) electrons. The number of nitrogens with zero attached hydrogens (tertiary/aromatic N) is 3. The van der Waals surface area contributed by atoms with E-state index in [2.05, 4.69) is 9.88 Å². The maximum absolute atomic E-state index is 13.0. The maximum Gasteiger partial charge on any atom is 0.243 e. The molecule has 8 heteroatoms. The number of aryl methyl sites for hydroxylation is 1. The van der Waals surface area contributed by atoms with Gasteiger partial charge in [-0.15, -0.1) is 0 Å². The average Bonchev–Trinajstić information content (AvgIpc) is 2.70. The Labute approximate surface area is 166 Å². The van der Waals surface area contributed by atoms with E-state index in [1.807, 2.05) is 19.1 Å². The van der Waals surface area contributed by atoms with Gasteiger partial charge in [-0.25, -0.2) is 8.42 Å². The van der Waals surface area contributed by atoms with E-state index in [9.17, 15) is 8.42 Å². The Hall–Kier alpha value is -2.00. The van der Waals surface area contributed by atoms with Crippen LogP contribution in [0.15, 0.2) is 47.6 Å². The standard InChI is InChI=1S/C20H27N3O4S/c1-17-15-19(3-4-20(17)27-14-13-26-2)28(24,25)23-11-9-22(10-12-23)16-18-5-7-21-8-6-18/h3-8,15H,9-14,16H2,1-2H3. The predicted molar refractivity (Wildman–Crippen MR) is 107 cm³/mol. The summed E-state index contributed by atoms with van der Waals surface area (Å²) in [4.78, 5) is 6.60. The van der Waals surface area contributed by atoms with Crippen LogP contribution in [0.1, 0.15) is 11.1 Å². The molecule has 1 aliphatic rings. The molecule has 152 valence electrons. The summed E-state index contributed by atoms with van der Waals surface area (Å²) in [5.74, 6) is 0.679. The normalized spacial score (nSPS) is 16.2. The highest BCUT2D eigenvalue weighted by atomic mass is 32.2. The Morgan fingerprint density at radius 3 is 2.39 bits per heavy atom. The number of benzene rings is 1. The molecule has 0 saturated carbocycles. The Kier molecular flexibility index (Phi) is 7.01. The number of pyridine rings is 1. The summed E-state index contributed by atoms with van der Waals surface area (Å²) in [6.45, 7) is 5.97. The van der Waals surface area contributed by atoms with Gasteiger partial charge in [-0.2, -0.15) is 4.31 Å². The van der Waals surface area contributed by atoms with Crippen molar-refractivity contribution in [2.24, 2.45) is 0 Å². The van der Waals surface area contributed by atoms with Crippen molar-refractivity contribution in [3.8, 4) is 5.75 Å². The zero-order chi connectivity index (χ0) is 20.0. The van der Waals surface area contributed by atoms with Crippen LogP contribution in [0.3, 0.4) is 0 Å². The Morgan fingerprint density at radius 1 is 1.04 bits per heavy atom. The summed E-state index contributed by atoms with van der Waals surface area (Å²) in [7, 11) is -1.89. The zero-order valence-corrected chi connectivity index (χ0v) is 17.2. The number of aromatic nitrogens is 1. The molecule has 1 aromatic carbocycles. The van der Waals surface area contributed by atoms with Gasteiger partial charge in [-0.1, -0.05) is 0 Å².